The highest BCUT2D eigenvalue weighted by atomic mass is 35.5. The zero-order chi connectivity index (χ0) is 11.7. The van der Waals surface area contributed by atoms with Gasteiger partial charge < -0.3 is 10.2 Å². The summed E-state index contributed by atoms with van der Waals surface area (Å²) in [6.45, 7) is 3.74. The van der Waals surface area contributed by atoms with E-state index in [-0.39, 0.29) is 6.04 Å². The number of hydrogen-bond acceptors (Lipinski definition) is 4. The van der Waals surface area contributed by atoms with Gasteiger partial charge >= 0.3 is 0 Å². The Morgan fingerprint density at radius 3 is 2.69 bits per heavy atom. The zero-order valence-electron chi connectivity index (χ0n) is 9.07. The molecule has 1 heterocycles. The van der Waals surface area contributed by atoms with E-state index in [9.17, 15) is 0 Å². The summed E-state index contributed by atoms with van der Waals surface area (Å²) in [4.78, 5) is 0. The highest BCUT2D eigenvalue weighted by molar-refractivity contribution is 6.30. The monoisotopic (exact) mass is 237 g/mol. The molecule has 0 fully saturated rings. The second kappa shape index (κ2) is 4.23. The average molecular weight is 238 g/mol. The first-order valence-corrected chi connectivity index (χ1v) is 5.31. The fraction of sp³-hybridized carbons (Fsp3) is 0.273. The maximum absolute atomic E-state index is 5.87. The van der Waals surface area contributed by atoms with Gasteiger partial charge in [-0.15, -0.1) is 10.2 Å². The summed E-state index contributed by atoms with van der Waals surface area (Å²) >= 11 is 5.87. The van der Waals surface area contributed by atoms with E-state index >= 15 is 0 Å². The summed E-state index contributed by atoms with van der Waals surface area (Å²) < 4.78 is 5.46. The van der Waals surface area contributed by atoms with Crippen LogP contribution in [0.15, 0.2) is 22.6 Å². The summed E-state index contributed by atoms with van der Waals surface area (Å²) in [6.07, 6.45) is 0. The number of nitrogens with zero attached hydrogens (tertiary/aromatic N) is 2. The van der Waals surface area contributed by atoms with Crippen molar-refractivity contribution in [2.45, 2.75) is 19.9 Å². The van der Waals surface area contributed by atoms with Crippen LogP contribution in [0.4, 0.5) is 0 Å². The Balaban J connectivity index is 2.42. The molecule has 1 aromatic carbocycles. The van der Waals surface area contributed by atoms with E-state index in [1.165, 1.54) is 0 Å². The molecule has 2 rings (SSSR count). The maximum Gasteiger partial charge on any atom is 0.248 e. The topological polar surface area (TPSA) is 64.9 Å². The van der Waals surface area contributed by atoms with Gasteiger partial charge in [-0.3, -0.25) is 0 Å². The van der Waals surface area contributed by atoms with E-state index in [4.69, 9.17) is 21.8 Å². The van der Waals surface area contributed by atoms with E-state index in [2.05, 4.69) is 10.2 Å². The van der Waals surface area contributed by atoms with Crippen LogP contribution >= 0.6 is 11.6 Å². The van der Waals surface area contributed by atoms with Crippen LogP contribution in [-0.4, -0.2) is 10.2 Å². The largest absolute Gasteiger partial charge is 0.419 e. The third-order valence-electron chi connectivity index (χ3n) is 2.25. The van der Waals surface area contributed by atoms with Gasteiger partial charge in [-0.1, -0.05) is 11.6 Å². The number of halogens is 1. The van der Waals surface area contributed by atoms with E-state index < -0.39 is 0 Å². The molecule has 16 heavy (non-hydrogen) atoms. The molecule has 5 heteroatoms. The molecule has 0 aliphatic carbocycles. The van der Waals surface area contributed by atoms with Crippen molar-refractivity contribution in [3.8, 4) is 11.5 Å². The highest BCUT2D eigenvalue weighted by Crippen LogP contribution is 2.25. The lowest BCUT2D eigenvalue weighted by molar-refractivity contribution is 0.473. The van der Waals surface area contributed by atoms with Crippen LogP contribution in [0, 0.1) is 6.92 Å². The number of benzene rings is 1. The smallest absolute Gasteiger partial charge is 0.248 e. The second-order valence-corrected chi connectivity index (χ2v) is 4.13. The van der Waals surface area contributed by atoms with Crippen molar-refractivity contribution in [1.29, 1.82) is 0 Å². The lowest BCUT2D eigenvalue weighted by Crippen LogP contribution is -2.04. The summed E-state index contributed by atoms with van der Waals surface area (Å²) in [5.41, 5.74) is 7.52. The number of hydrogen-bond donors (Lipinski definition) is 1. The summed E-state index contributed by atoms with van der Waals surface area (Å²) in [5, 5.41) is 8.53. The quantitative estimate of drug-likeness (QED) is 0.872. The summed E-state index contributed by atoms with van der Waals surface area (Å²) in [7, 11) is 0. The van der Waals surface area contributed by atoms with Crippen molar-refractivity contribution in [3.05, 3.63) is 34.7 Å². The third-order valence-corrected chi connectivity index (χ3v) is 2.48. The van der Waals surface area contributed by atoms with E-state index in [1.54, 1.807) is 13.0 Å². The van der Waals surface area contributed by atoms with Crippen molar-refractivity contribution in [2.75, 3.05) is 0 Å². The van der Waals surface area contributed by atoms with Gasteiger partial charge in [-0.05, 0) is 37.6 Å². The summed E-state index contributed by atoms with van der Waals surface area (Å²) in [5.74, 6) is 0.908. The Bertz CT molecular complexity index is 508. The molecular formula is C11H12ClN3O. The molecule has 0 saturated carbocycles. The van der Waals surface area contributed by atoms with Crippen LogP contribution in [0.3, 0.4) is 0 Å². The Labute approximate surface area is 98.4 Å². The van der Waals surface area contributed by atoms with Crippen LogP contribution in [0.2, 0.25) is 5.02 Å². The molecule has 1 unspecified atom stereocenters. The zero-order valence-corrected chi connectivity index (χ0v) is 9.82. The number of rotatable bonds is 2. The molecule has 0 aliphatic heterocycles. The Morgan fingerprint density at radius 1 is 1.38 bits per heavy atom. The SMILES string of the molecule is Cc1cc(Cl)ccc1-c1nnc(C(C)N)o1. The maximum atomic E-state index is 5.87. The van der Waals surface area contributed by atoms with Crippen molar-refractivity contribution in [3.63, 3.8) is 0 Å². The first-order chi connectivity index (χ1) is 7.58. The Kier molecular flexibility index (Phi) is 2.94. The van der Waals surface area contributed by atoms with Crippen molar-refractivity contribution < 1.29 is 4.42 Å². The molecule has 0 aliphatic rings. The molecule has 0 spiro atoms. The molecule has 1 atom stereocenters. The van der Waals surface area contributed by atoms with Gasteiger partial charge in [-0.2, -0.15) is 0 Å². The van der Waals surface area contributed by atoms with E-state index in [0.717, 1.165) is 11.1 Å². The summed E-state index contributed by atoms with van der Waals surface area (Å²) in [6, 6.07) is 5.25. The average Bonchev–Trinajstić information content (AvgIpc) is 2.66. The molecule has 4 nitrogen and oxygen atoms in total. The first kappa shape index (κ1) is 11.1. The van der Waals surface area contributed by atoms with Gasteiger partial charge in [-0.25, -0.2) is 0 Å². The lowest BCUT2D eigenvalue weighted by atomic mass is 10.1. The predicted molar refractivity (Wildman–Crippen MR) is 62.1 cm³/mol. The first-order valence-electron chi connectivity index (χ1n) is 4.93. The van der Waals surface area contributed by atoms with Gasteiger partial charge in [0.05, 0.1) is 6.04 Å². The second-order valence-electron chi connectivity index (χ2n) is 3.69. The Morgan fingerprint density at radius 2 is 2.12 bits per heavy atom. The van der Waals surface area contributed by atoms with Gasteiger partial charge in [0.2, 0.25) is 11.8 Å². The van der Waals surface area contributed by atoms with Crippen LogP contribution < -0.4 is 5.73 Å². The molecular weight excluding hydrogens is 226 g/mol. The molecule has 0 bridgehead atoms. The van der Waals surface area contributed by atoms with Crippen molar-refractivity contribution >= 4 is 11.6 Å². The van der Waals surface area contributed by atoms with Gasteiger partial charge in [0, 0.05) is 10.6 Å². The van der Waals surface area contributed by atoms with Gasteiger partial charge in [0.25, 0.3) is 0 Å². The minimum Gasteiger partial charge on any atom is -0.419 e. The van der Waals surface area contributed by atoms with Gasteiger partial charge in [0.15, 0.2) is 0 Å². The third kappa shape index (κ3) is 2.08. The molecule has 0 radical (unpaired) electrons. The number of nitrogens with two attached hydrogens (primary N) is 1. The van der Waals surface area contributed by atoms with Crippen LogP contribution in [0.25, 0.3) is 11.5 Å². The van der Waals surface area contributed by atoms with Crippen LogP contribution in [-0.2, 0) is 0 Å². The van der Waals surface area contributed by atoms with E-state index in [0.29, 0.717) is 16.8 Å². The fourth-order valence-corrected chi connectivity index (χ4v) is 1.62. The van der Waals surface area contributed by atoms with Crippen molar-refractivity contribution in [2.24, 2.45) is 5.73 Å². The number of aryl methyl sites for hydroxylation is 1. The van der Waals surface area contributed by atoms with E-state index in [1.807, 2.05) is 19.1 Å². The minimum absolute atomic E-state index is 0.256. The Hall–Kier alpha value is -1.39. The highest BCUT2D eigenvalue weighted by Gasteiger charge is 2.13. The van der Waals surface area contributed by atoms with Crippen LogP contribution in [0.1, 0.15) is 24.4 Å². The van der Waals surface area contributed by atoms with Gasteiger partial charge in [0.1, 0.15) is 0 Å². The molecule has 1 aromatic heterocycles. The standard InChI is InChI=1S/C11H12ClN3O/c1-6-5-8(12)3-4-9(6)11-15-14-10(16-11)7(2)13/h3-5,7H,13H2,1-2H3. The minimum atomic E-state index is -0.256. The number of aromatic nitrogens is 2. The normalized spacial score (nSPS) is 12.8. The molecule has 84 valence electrons. The predicted octanol–water partition coefficient (Wildman–Crippen LogP) is 2.72. The van der Waals surface area contributed by atoms with Crippen molar-refractivity contribution in [1.82, 2.24) is 10.2 Å². The molecule has 0 amide bonds. The van der Waals surface area contributed by atoms with Crippen LogP contribution in [0.5, 0.6) is 0 Å². The lowest BCUT2D eigenvalue weighted by Gasteiger charge is -2.01. The molecule has 2 aromatic rings. The molecule has 0 saturated heterocycles. The molecule has 2 N–H and O–H groups in total. The fourth-order valence-electron chi connectivity index (χ4n) is 1.39.